The van der Waals surface area contributed by atoms with E-state index in [9.17, 15) is 9.90 Å². The Morgan fingerprint density at radius 3 is 1.92 bits per heavy atom. The largest absolute Gasteiger partial charge is 0.477 e. The summed E-state index contributed by atoms with van der Waals surface area (Å²) in [4.78, 5) is 11.4. The summed E-state index contributed by atoms with van der Waals surface area (Å²) in [6.07, 6.45) is 13.3. The molecule has 0 unspecified atom stereocenters. The Morgan fingerprint density at radius 2 is 1.38 bits per heavy atom. The van der Waals surface area contributed by atoms with Crippen molar-refractivity contribution in [1.82, 2.24) is 4.48 Å². The van der Waals surface area contributed by atoms with E-state index in [1.165, 1.54) is 57.8 Å². The molecule has 24 heavy (non-hydrogen) atoms. The molecular weight excluding hydrogens is 298 g/mol. The highest BCUT2D eigenvalue weighted by atomic mass is 16.4. The SMILES string of the molecule is CCCCCCCCCCCC[N+](C)(C)c1ccccc1C(=O)O. The maximum absolute atomic E-state index is 11.4. The van der Waals surface area contributed by atoms with E-state index in [4.69, 9.17) is 0 Å². The number of carbonyl (C=O) groups is 1. The van der Waals surface area contributed by atoms with Gasteiger partial charge in [0.1, 0.15) is 11.3 Å². The number of benzene rings is 1. The normalized spacial score (nSPS) is 11.6. The molecule has 3 heteroatoms. The highest BCUT2D eigenvalue weighted by Crippen LogP contribution is 2.25. The fourth-order valence-corrected chi connectivity index (χ4v) is 3.30. The van der Waals surface area contributed by atoms with Crippen LogP contribution in [-0.4, -0.2) is 31.7 Å². The predicted octanol–water partition coefficient (Wildman–Crippen LogP) is 5.87. The fourth-order valence-electron chi connectivity index (χ4n) is 3.30. The minimum absolute atomic E-state index is 0.426. The molecule has 1 N–H and O–H groups in total. The molecule has 0 heterocycles. The summed E-state index contributed by atoms with van der Waals surface area (Å²) >= 11 is 0. The summed E-state index contributed by atoms with van der Waals surface area (Å²) in [6.45, 7) is 3.25. The van der Waals surface area contributed by atoms with Crippen LogP contribution in [0.2, 0.25) is 0 Å². The van der Waals surface area contributed by atoms with Crippen molar-refractivity contribution >= 4 is 11.7 Å². The maximum atomic E-state index is 11.4. The molecule has 0 atom stereocenters. The third-order valence-electron chi connectivity index (χ3n) is 4.86. The third-order valence-corrected chi connectivity index (χ3v) is 4.86. The Kier molecular flexibility index (Phi) is 9.70. The van der Waals surface area contributed by atoms with Gasteiger partial charge in [0.15, 0.2) is 0 Å². The van der Waals surface area contributed by atoms with Crippen LogP contribution in [-0.2, 0) is 0 Å². The first-order valence-electron chi connectivity index (χ1n) is 9.65. The lowest BCUT2D eigenvalue weighted by Crippen LogP contribution is -2.42. The number of carboxylic acids is 1. The molecule has 0 aliphatic rings. The zero-order valence-corrected chi connectivity index (χ0v) is 15.9. The van der Waals surface area contributed by atoms with Crippen molar-refractivity contribution in [3.05, 3.63) is 29.8 Å². The van der Waals surface area contributed by atoms with Crippen molar-refractivity contribution in [1.29, 1.82) is 0 Å². The van der Waals surface area contributed by atoms with Gasteiger partial charge in [0.2, 0.25) is 0 Å². The molecule has 0 saturated carbocycles. The van der Waals surface area contributed by atoms with Gasteiger partial charge in [-0.25, -0.2) is 4.79 Å². The standard InChI is InChI=1S/C21H35NO2/c1-4-5-6-7-8-9-10-11-12-15-18-22(2,3)20-17-14-13-16-19(20)21(23)24/h13-14,16-17H,4-12,15,18H2,1-3H3/p+1. The topological polar surface area (TPSA) is 37.3 Å². The van der Waals surface area contributed by atoms with Crippen molar-refractivity contribution in [3.8, 4) is 0 Å². The average Bonchev–Trinajstić information content (AvgIpc) is 2.56. The first-order chi connectivity index (χ1) is 11.5. The van der Waals surface area contributed by atoms with Gasteiger partial charge in [-0.1, -0.05) is 70.4 Å². The highest BCUT2D eigenvalue weighted by Gasteiger charge is 2.24. The molecular formula is C21H36NO2+. The van der Waals surface area contributed by atoms with E-state index in [0.717, 1.165) is 18.7 Å². The summed E-state index contributed by atoms with van der Waals surface area (Å²) < 4.78 is 0.638. The molecule has 0 amide bonds. The van der Waals surface area contributed by atoms with Crippen LogP contribution in [0, 0.1) is 0 Å². The summed E-state index contributed by atoms with van der Waals surface area (Å²) in [7, 11) is 4.21. The van der Waals surface area contributed by atoms with Crippen molar-refractivity contribution in [2.75, 3.05) is 20.6 Å². The van der Waals surface area contributed by atoms with E-state index in [-0.39, 0.29) is 0 Å². The van der Waals surface area contributed by atoms with Gasteiger partial charge in [0.25, 0.3) is 0 Å². The Hall–Kier alpha value is -1.35. The second-order valence-electron chi connectivity index (χ2n) is 7.41. The molecule has 0 bridgehead atoms. The number of hydrogen-bond acceptors (Lipinski definition) is 1. The van der Waals surface area contributed by atoms with Crippen LogP contribution in [0.1, 0.15) is 81.5 Å². The van der Waals surface area contributed by atoms with Crippen LogP contribution >= 0.6 is 0 Å². The Morgan fingerprint density at radius 1 is 0.875 bits per heavy atom. The summed E-state index contributed by atoms with van der Waals surface area (Å²) in [5.74, 6) is -0.833. The highest BCUT2D eigenvalue weighted by molar-refractivity contribution is 5.93. The first kappa shape index (κ1) is 20.7. The van der Waals surface area contributed by atoms with Gasteiger partial charge >= 0.3 is 5.97 Å². The summed E-state index contributed by atoms with van der Waals surface area (Å²) in [5.41, 5.74) is 1.33. The van der Waals surface area contributed by atoms with E-state index in [0.29, 0.717) is 10.0 Å². The van der Waals surface area contributed by atoms with Crippen molar-refractivity contribution < 1.29 is 9.90 Å². The molecule has 1 aromatic rings. The number of hydrogen-bond donors (Lipinski definition) is 1. The van der Waals surface area contributed by atoms with Gasteiger partial charge in [0, 0.05) is 6.07 Å². The zero-order chi connectivity index (χ0) is 17.8. The summed E-state index contributed by atoms with van der Waals surface area (Å²) in [6, 6.07) is 7.38. The van der Waals surface area contributed by atoms with Crippen LogP contribution < -0.4 is 4.48 Å². The van der Waals surface area contributed by atoms with Crippen LogP contribution in [0.4, 0.5) is 5.69 Å². The zero-order valence-electron chi connectivity index (χ0n) is 15.9. The molecule has 1 rings (SSSR count). The molecule has 3 nitrogen and oxygen atoms in total. The number of aromatic carboxylic acids is 1. The average molecular weight is 335 g/mol. The number of carboxylic acid groups (broad SMARTS) is 1. The van der Waals surface area contributed by atoms with Crippen molar-refractivity contribution in [3.63, 3.8) is 0 Å². The third kappa shape index (κ3) is 7.48. The smallest absolute Gasteiger partial charge is 0.341 e. The molecule has 0 spiro atoms. The van der Waals surface area contributed by atoms with Crippen LogP contribution in [0.3, 0.4) is 0 Å². The lowest BCUT2D eigenvalue weighted by atomic mass is 10.1. The molecule has 0 fully saturated rings. The quantitative estimate of drug-likeness (QED) is 0.362. The van der Waals surface area contributed by atoms with Gasteiger partial charge < -0.3 is 5.11 Å². The minimum atomic E-state index is -0.833. The molecule has 0 aromatic heterocycles. The summed E-state index contributed by atoms with van der Waals surface area (Å²) in [5, 5.41) is 9.37. The molecule has 0 aliphatic heterocycles. The van der Waals surface area contributed by atoms with Gasteiger partial charge in [-0.15, -0.1) is 0 Å². The van der Waals surface area contributed by atoms with Gasteiger partial charge in [-0.05, 0) is 18.9 Å². The lowest BCUT2D eigenvalue weighted by Gasteiger charge is -2.30. The van der Waals surface area contributed by atoms with Crippen molar-refractivity contribution in [2.45, 2.75) is 71.1 Å². The number of nitrogens with zero attached hydrogens (tertiary/aromatic N) is 1. The Balaban J connectivity index is 2.26. The van der Waals surface area contributed by atoms with Crippen LogP contribution in [0.5, 0.6) is 0 Å². The minimum Gasteiger partial charge on any atom is -0.477 e. The van der Waals surface area contributed by atoms with E-state index in [1.807, 2.05) is 12.1 Å². The molecule has 0 saturated heterocycles. The van der Waals surface area contributed by atoms with Gasteiger partial charge in [-0.2, -0.15) is 0 Å². The van der Waals surface area contributed by atoms with E-state index >= 15 is 0 Å². The monoisotopic (exact) mass is 334 g/mol. The second-order valence-corrected chi connectivity index (χ2v) is 7.41. The lowest BCUT2D eigenvalue weighted by molar-refractivity contribution is 0.0695. The maximum Gasteiger partial charge on any atom is 0.341 e. The van der Waals surface area contributed by atoms with E-state index in [1.54, 1.807) is 12.1 Å². The number of quaternary nitrogens is 1. The molecule has 1 aromatic carbocycles. The molecule has 0 aliphatic carbocycles. The van der Waals surface area contributed by atoms with Crippen LogP contribution in [0.25, 0.3) is 0 Å². The van der Waals surface area contributed by atoms with E-state index < -0.39 is 5.97 Å². The number of para-hydroxylation sites is 1. The second kappa shape index (κ2) is 11.2. The van der Waals surface area contributed by atoms with Gasteiger partial charge in [-0.3, -0.25) is 4.48 Å². The molecule has 136 valence electrons. The van der Waals surface area contributed by atoms with E-state index in [2.05, 4.69) is 21.0 Å². The number of unbranched alkanes of at least 4 members (excludes halogenated alkanes) is 9. The first-order valence-corrected chi connectivity index (χ1v) is 9.65. The van der Waals surface area contributed by atoms with Crippen LogP contribution in [0.15, 0.2) is 24.3 Å². The van der Waals surface area contributed by atoms with Gasteiger partial charge in [0.05, 0.1) is 20.6 Å². The number of rotatable bonds is 13. The molecule has 0 radical (unpaired) electrons. The fraction of sp³-hybridized carbons (Fsp3) is 0.667. The Labute approximate surface area is 148 Å². The predicted molar refractivity (Wildman–Crippen MR) is 104 cm³/mol. The van der Waals surface area contributed by atoms with Crippen molar-refractivity contribution in [2.24, 2.45) is 0 Å². The Bertz CT molecular complexity index is 482.